The zero-order valence-corrected chi connectivity index (χ0v) is 23.5. The highest BCUT2D eigenvalue weighted by Gasteiger charge is 2.65. The van der Waals surface area contributed by atoms with Gasteiger partial charge in [-0.2, -0.15) is 0 Å². The minimum atomic E-state index is -0.407. The molecule has 11 atom stereocenters. The van der Waals surface area contributed by atoms with Gasteiger partial charge >= 0.3 is 5.63 Å². The molecule has 1 unspecified atom stereocenters. The Morgan fingerprint density at radius 3 is 2.68 bits per heavy atom. The van der Waals surface area contributed by atoms with Gasteiger partial charge in [-0.15, -0.1) is 0 Å². The van der Waals surface area contributed by atoms with Crippen molar-refractivity contribution in [3.8, 4) is 0 Å². The molecule has 7 heteroatoms. The molecule has 0 spiro atoms. The van der Waals surface area contributed by atoms with Crippen LogP contribution in [0.4, 0.5) is 0 Å². The lowest BCUT2D eigenvalue weighted by Crippen LogP contribution is -2.62. The van der Waals surface area contributed by atoms with Crippen LogP contribution in [0.2, 0.25) is 5.02 Å². The lowest BCUT2D eigenvalue weighted by atomic mass is 9.43. The molecule has 4 aliphatic rings. The monoisotopic (exact) mass is 543 g/mol. The Morgan fingerprint density at radius 2 is 1.89 bits per heavy atom. The molecule has 208 valence electrons. The van der Waals surface area contributed by atoms with Gasteiger partial charge in [-0.05, 0) is 116 Å². The zero-order chi connectivity index (χ0) is 27.0. The first-order valence-corrected chi connectivity index (χ1v) is 15.0. The van der Waals surface area contributed by atoms with E-state index in [2.05, 4.69) is 25.8 Å². The number of nitrogens with zero attached hydrogens (tertiary/aromatic N) is 1. The summed E-state index contributed by atoms with van der Waals surface area (Å²) in [6.45, 7) is 6.90. The number of fused-ring (bicyclic) bond motifs is 6. The van der Waals surface area contributed by atoms with E-state index in [0.29, 0.717) is 57.8 Å². The molecule has 1 aromatic carbocycles. The Labute approximate surface area is 229 Å². The largest absolute Gasteiger partial charge is 0.408 e. The van der Waals surface area contributed by atoms with Gasteiger partial charge in [0.05, 0.1) is 29.2 Å². The fourth-order valence-corrected chi connectivity index (χ4v) is 10.1. The number of hydrogen-bond acceptors (Lipinski definition) is 6. The predicted octanol–water partition coefficient (Wildman–Crippen LogP) is 5.37. The Kier molecular flexibility index (Phi) is 6.73. The van der Waals surface area contributed by atoms with Gasteiger partial charge in [0.15, 0.2) is 5.89 Å². The van der Waals surface area contributed by atoms with Crippen molar-refractivity contribution in [2.45, 2.75) is 96.9 Å². The lowest BCUT2D eigenvalue weighted by Gasteiger charge is -2.63. The molecular formula is C31H42ClNO5. The molecule has 1 heterocycles. The summed E-state index contributed by atoms with van der Waals surface area (Å²) in [5.74, 6) is 2.24. The van der Waals surface area contributed by atoms with E-state index in [9.17, 15) is 20.1 Å². The van der Waals surface area contributed by atoms with Crippen molar-refractivity contribution >= 4 is 22.5 Å². The standard InChI is InChI=1S/C31H42ClNO5/c1-16(4-9-27-33-24-8-5-18(32)14-20(24)29(37)38-27)21-6-7-22-28-23(15-26(36)31(21,22)3)30(2)11-10-19(34)12-17(30)13-25(28)35/h5,8,14,16-17,19,21-23,25-26,28,34-36H,4,6-7,9-13,15H2,1-3H3/t16-,17+,19-,21-,22+,23?,25-,26+,28+,30+,31-/m1/s1. The maximum atomic E-state index is 12.5. The smallest absolute Gasteiger partial charge is 0.346 e. The Morgan fingerprint density at radius 1 is 1.11 bits per heavy atom. The number of halogens is 1. The van der Waals surface area contributed by atoms with Crippen LogP contribution >= 0.6 is 11.6 Å². The van der Waals surface area contributed by atoms with Crippen LogP contribution in [0.3, 0.4) is 0 Å². The summed E-state index contributed by atoms with van der Waals surface area (Å²) >= 11 is 6.03. The van der Waals surface area contributed by atoms with E-state index in [1.807, 2.05) is 0 Å². The maximum absolute atomic E-state index is 12.5. The molecule has 2 aromatic rings. The fourth-order valence-electron chi connectivity index (χ4n) is 9.88. The molecule has 4 aliphatic carbocycles. The van der Waals surface area contributed by atoms with E-state index in [1.54, 1.807) is 18.2 Å². The van der Waals surface area contributed by atoms with Crippen molar-refractivity contribution in [1.82, 2.24) is 4.98 Å². The average Bonchev–Trinajstić information content (AvgIpc) is 3.23. The summed E-state index contributed by atoms with van der Waals surface area (Å²) in [5.41, 5.74) is 0.0322. The average molecular weight is 544 g/mol. The second-order valence-electron chi connectivity index (χ2n) is 13.6. The number of aromatic nitrogens is 1. The van der Waals surface area contributed by atoms with Gasteiger partial charge in [0.2, 0.25) is 0 Å². The summed E-state index contributed by atoms with van der Waals surface area (Å²) in [6, 6.07) is 5.08. The number of rotatable bonds is 4. The first-order chi connectivity index (χ1) is 18.0. The van der Waals surface area contributed by atoms with Gasteiger partial charge in [0.25, 0.3) is 0 Å². The molecule has 0 aliphatic heterocycles. The highest BCUT2D eigenvalue weighted by atomic mass is 35.5. The third kappa shape index (κ3) is 4.08. The molecule has 0 amide bonds. The van der Waals surface area contributed by atoms with Crippen molar-refractivity contribution in [3.63, 3.8) is 0 Å². The summed E-state index contributed by atoms with van der Waals surface area (Å²) in [7, 11) is 0. The van der Waals surface area contributed by atoms with E-state index >= 15 is 0 Å². The molecule has 38 heavy (non-hydrogen) atoms. The number of benzene rings is 1. The Hall–Kier alpha value is -1.47. The number of aliphatic hydroxyl groups is 3. The molecular weight excluding hydrogens is 502 g/mol. The molecule has 4 saturated carbocycles. The normalized spacial score (nSPS) is 43.3. The van der Waals surface area contributed by atoms with Crippen molar-refractivity contribution in [2.24, 2.45) is 46.3 Å². The van der Waals surface area contributed by atoms with Gasteiger partial charge in [0, 0.05) is 11.4 Å². The Bertz CT molecular complexity index is 1260. The quantitative estimate of drug-likeness (QED) is 0.479. The number of aryl methyl sites for hydroxylation is 1. The molecule has 3 N–H and O–H groups in total. The van der Waals surface area contributed by atoms with Crippen molar-refractivity contribution < 1.29 is 19.7 Å². The first kappa shape index (κ1) is 26.7. The van der Waals surface area contributed by atoms with E-state index in [1.165, 1.54) is 0 Å². The number of aliphatic hydroxyl groups excluding tert-OH is 3. The molecule has 4 fully saturated rings. The van der Waals surface area contributed by atoms with Crippen molar-refractivity contribution in [2.75, 3.05) is 0 Å². The highest BCUT2D eigenvalue weighted by Crippen LogP contribution is 2.68. The third-order valence-electron chi connectivity index (χ3n) is 12.0. The van der Waals surface area contributed by atoms with Crippen LogP contribution in [0.1, 0.15) is 78.0 Å². The maximum Gasteiger partial charge on any atom is 0.346 e. The molecule has 6 nitrogen and oxygen atoms in total. The van der Waals surface area contributed by atoms with Crippen LogP contribution in [0.5, 0.6) is 0 Å². The molecule has 0 radical (unpaired) electrons. The predicted molar refractivity (Wildman–Crippen MR) is 147 cm³/mol. The summed E-state index contributed by atoms with van der Waals surface area (Å²) in [6.07, 6.45) is 6.55. The highest BCUT2D eigenvalue weighted by molar-refractivity contribution is 6.31. The first-order valence-electron chi connectivity index (χ1n) is 14.7. The van der Waals surface area contributed by atoms with Gasteiger partial charge in [-0.25, -0.2) is 9.78 Å². The van der Waals surface area contributed by atoms with E-state index < -0.39 is 11.7 Å². The molecule has 6 rings (SSSR count). The fraction of sp³-hybridized carbons (Fsp3) is 0.742. The van der Waals surface area contributed by atoms with Gasteiger partial charge in [-0.1, -0.05) is 32.4 Å². The van der Waals surface area contributed by atoms with E-state index in [0.717, 1.165) is 51.4 Å². The lowest BCUT2D eigenvalue weighted by molar-refractivity contribution is -0.207. The SMILES string of the molecule is C[C@H](CCc1nc2ccc(Cl)cc2c(=O)o1)[C@H]1CC[C@H]2[C@H]3C(C[C@H](O)[C@]12C)[C@@]1(C)CC[C@@H](O)C[C@H]1C[C@H]3O. The second-order valence-corrected chi connectivity index (χ2v) is 14.0. The molecule has 1 aromatic heterocycles. The molecule has 0 bridgehead atoms. The minimum absolute atomic E-state index is 0.0820. The number of hydrogen-bond donors (Lipinski definition) is 3. The van der Waals surface area contributed by atoms with E-state index in [-0.39, 0.29) is 29.0 Å². The van der Waals surface area contributed by atoms with E-state index in [4.69, 9.17) is 16.0 Å². The van der Waals surface area contributed by atoms with Gasteiger partial charge < -0.3 is 19.7 Å². The second kappa shape index (κ2) is 9.57. The van der Waals surface area contributed by atoms with Crippen LogP contribution in [0.25, 0.3) is 10.9 Å². The third-order valence-corrected chi connectivity index (χ3v) is 12.2. The van der Waals surface area contributed by atoms with Gasteiger partial charge in [0.1, 0.15) is 0 Å². The van der Waals surface area contributed by atoms with Crippen LogP contribution in [0, 0.1) is 46.3 Å². The summed E-state index contributed by atoms with van der Waals surface area (Å²) in [5, 5.41) is 34.5. The van der Waals surface area contributed by atoms with Crippen LogP contribution in [-0.2, 0) is 6.42 Å². The van der Waals surface area contributed by atoms with Crippen LogP contribution in [0.15, 0.2) is 27.4 Å². The molecule has 0 saturated heterocycles. The van der Waals surface area contributed by atoms with Gasteiger partial charge in [-0.3, -0.25) is 0 Å². The Balaban J connectivity index is 1.21. The topological polar surface area (TPSA) is 104 Å². The van der Waals surface area contributed by atoms with Crippen molar-refractivity contribution in [1.29, 1.82) is 0 Å². The zero-order valence-electron chi connectivity index (χ0n) is 22.8. The van der Waals surface area contributed by atoms with Crippen molar-refractivity contribution in [3.05, 3.63) is 39.5 Å². The summed E-state index contributed by atoms with van der Waals surface area (Å²) < 4.78 is 5.54. The minimum Gasteiger partial charge on any atom is -0.408 e. The van der Waals surface area contributed by atoms with Crippen LogP contribution < -0.4 is 5.63 Å². The summed E-state index contributed by atoms with van der Waals surface area (Å²) in [4.78, 5) is 17.1. The van der Waals surface area contributed by atoms with Crippen LogP contribution in [-0.4, -0.2) is 38.6 Å².